The van der Waals surface area contributed by atoms with Crippen LogP contribution >= 0.6 is 0 Å². The number of fused-ring (bicyclic) bond motifs is 4. The second-order valence-corrected chi connectivity index (χ2v) is 27.2. The largest absolute Gasteiger partial charge is 0.310 e. The fraction of sp³-hybridized carbons (Fsp3) is 0.0612. The molecule has 15 aromatic rings. The summed E-state index contributed by atoms with van der Waals surface area (Å²) in [5.41, 5.74) is 32.2. The minimum Gasteiger partial charge on any atom is -0.310 e. The Balaban J connectivity index is 0.725. The van der Waals surface area contributed by atoms with Crippen LogP contribution in [0.4, 0.5) is 34.1 Å². The van der Waals surface area contributed by atoms with Gasteiger partial charge in [-0.05, 0) is 212 Å². The summed E-state index contributed by atoms with van der Waals surface area (Å²) in [5, 5.41) is 2.50. The Morgan fingerprint density at radius 1 is 0.250 bits per heavy atom. The van der Waals surface area contributed by atoms with Crippen molar-refractivity contribution >= 4 is 50.5 Å². The molecule has 0 fully saturated rings. The van der Waals surface area contributed by atoms with Gasteiger partial charge in [-0.15, -0.1) is 0 Å². The van der Waals surface area contributed by atoms with Crippen LogP contribution in [0.1, 0.15) is 48.9 Å². The van der Waals surface area contributed by atoms with Crippen LogP contribution in [0, 0.1) is 5.92 Å². The van der Waals surface area contributed by atoms with Crippen LogP contribution < -0.4 is 9.80 Å². The maximum absolute atomic E-state index is 2.52. The third kappa shape index (κ3) is 11.5. The highest BCUT2D eigenvalue weighted by Crippen LogP contribution is 2.52. The van der Waals surface area contributed by atoms with Crippen LogP contribution in [0.3, 0.4) is 0 Å². The molecule has 0 heterocycles. The van der Waals surface area contributed by atoms with Gasteiger partial charge in [0.25, 0.3) is 0 Å². The van der Waals surface area contributed by atoms with Crippen LogP contribution in [0.25, 0.3) is 105 Å². The van der Waals surface area contributed by atoms with Crippen LogP contribution in [-0.2, 0) is 5.41 Å². The fourth-order valence-electron chi connectivity index (χ4n) is 15.6. The Hall–Kier alpha value is -12.4. The molecule has 476 valence electrons. The Kier molecular flexibility index (Phi) is 16.1. The number of rotatable bonds is 15. The Morgan fingerprint density at radius 3 is 1.13 bits per heavy atom. The maximum atomic E-state index is 2.52. The van der Waals surface area contributed by atoms with Crippen molar-refractivity contribution in [3.05, 3.63) is 404 Å². The van der Waals surface area contributed by atoms with E-state index >= 15 is 0 Å². The lowest BCUT2D eigenvalue weighted by Gasteiger charge is -2.28. The summed E-state index contributed by atoms with van der Waals surface area (Å²) in [5.74, 6) is 0.396. The number of hydrogen-bond acceptors (Lipinski definition) is 2. The summed E-state index contributed by atoms with van der Waals surface area (Å²) in [6.07, 6.45) is 7.26. The van der Waals surface area contributed by atoms with Crippen molar-refractivity contribution in [1.29, 1.82) is 0 Å². The van der Waals surface area contributed by atoms with E-state index in [1.54, 1.807) is 0 Å². The number of hydrogen-bond donors (Lipinski definition) is 0. The van der Waals surface area contributed by atoms with Crippen molar-refractivity contribution in [2.75, 3.05) is 9.80 Å². The normalized spacial score (nSPS) is 14.2. The van der Waals surface area contributed by atoms with E-state index < -0.39 is 0 Å². The molecule has 0 bridgehead atoms. The summed E-state index contributed by atoms with van der Waals surface area (Å²) >= 11 is 0. The molecular formula is C98H74N2. The van der Waals surface area contributed by atoms with Gasteiger partial charge in [0.2, 0.25) is 0 Å². The second-order valence-electron chi connectivity index (χ2n) is 27.2. The predicted molar refractivity (Wildman–Crippen MR) is 424 cm³/mol. The molecule has 0 saturated carbocycles. The number of anilines is 6. The number of nitrogens with zero attached hydrogens (tertiary/aromatic N) is 2. The first-order valence-corrected chi connectivity index (χ1v) is 35.0. The minimum atomic E-state index is -0.114. The van der Waals surface area contributed by atoms with E-state index in [4.69, 9.17) is 0 Å². The third-order valence-corrected chi connectivity index (χ3v) is 20.9. The molecule has 0 spiro atoms. The van der Waals surface area contributed by atoms with Gasteiger partial charge in [0.05, 0.1) is 0 Å². The Labute approximate surface area is 588 Å². The first-order chi connectivity index (χ1) is 49.3. The summed E-state index contributed by atoms with van der Waals surface area (Å²) < 4.78 is 0. The van der Waals surface area contributed by atoms with Crippen LogP contribution in [0.2, 0.25) is 0 Å². The van der Waals surface area contributed by atoms with E-state index in [0.717, 1.165) is 39.7 Å². The second kappa shape index (κ2) is 26.2. The molecule has 0 saturated heterocycles. The summed E-state index contributed by atoms with van der Waals surface area (Å²) in [6, 6.07) is 134. The van der Waals surface area contributed by atoms with Crippen molar-refractivity contribution in [3.8, 4) is 89.0 Å². The van der Waals surface area contributed by atoms with E-state index in [2.05, 4.69) is 413 Å². The smallest absolute Gasteiger partial charge is 0.0468 e. The van der Waals surface area contributed by atoms with Crippen LogP contribution in [0.15, 0.2) is 382 Å². The molecule has 2 atom stereocenters. The van der Waals surface area contributed by atoms with E-state index in [-0.39, 0.29) is 17.3 Å². The van der Waals surface area contributed by atoms with Crippen LogP contribution in [0.5, 0.6) is 0 Å². The molecule has 0 N–H and O–H groups in total. The van der Waals surface area contributed by atoms with Gasteiger partial charge in [-0.25, -0.2) is 0 Å². The van der Waals surface area contributed by atoms with Crippen LogP contribution in [-0.4, -0.2) is 0 Å². The van der Waals surface area contributed by atoms with Gasteiger partial charge in [-0.2, -0.15) is 0 Å². The van der Waals surface area contributed by atoms with Gasteiger partial charge < -0.3 is 9.80 Å². The topological polar surface area (TPSA) is 6.48 Å². The van der Waals surface area contributed by atoms with Crippen molar-refractivity contribution in [2.24, 2.45) is 5.92 Å². The van der Waals surface area contributed by atoms with Crippen molar-refractivity contribution < 1.29 is 0 Å². The number of allylic oxidation sites excluding steroid dienone is 4. The highest BCUT2D eigenvalue weighted by atomic mass is 15.1. The van der Waals surface area contributed by atoms with Gasteiger partial charge in [-0.1, -0.05) is 324 Å². The summed E-state index contributed by atoms with van der Waals surface area (Å²) in [7, 11) is 0. The van der Waals surface area contributed by atoms with E-state index in [1.807, 2.05) is 0 Å². The SMILES string of the molecule is CC1C=CC(c2ccc(N(c3ccc(-c4ccccc4)cc3)c3ccc(-c4ccc5c(c4)C(C)(C)c4ccccc4-5)c(-c4ccccc4)c3)cc2)=CC1c1cccc2c(-c3ccc(N(c4ccc(-c5ccccc5)cc4)c4ccc(-c5ccccc5)cc4)cc3-c3ccccc3)cccc12. The highest BCUT2D eigenvalue weighted by molar-refractivity contribution is 6.03. The van der Waals surface area contributed by atoms with Gasteiger partial charge in [0, 0.05) is 45.5 Å². The van der Waals surface area contributed by atoms with Gasteiger partial charge in [0.15, 0.2) is 0 Å². The molecule has 17 rings (SSSR count). The van der Waals surface area contributed by atoms with Crippen molar-refractivity contribution in [2.45, 2.75) is 32.1 Å². The molecule has 0 amide bonds. The third-order valence-electron chi connectivity index (χ3n) is 20.9. The molecule has 2 unspecified atom stereocenters. The maximum Gasteiger partial charge on any atom is 0.0468 e. The zero-order valence-corrected chi connectivity index (χ0v) is 56.4. The molecule has 0 radical (unpaired) electrons. The molecule has 15 aromatic carbocycles. The molecule has 2 aliphatic rings. The summed E-state index contributed by atoms with van der Waals surface area (Å²) in [6.45, 7) is 7.10. The first kappa shape index (κ1) is 61.2. The monoisotopic (exact) mass is 1280 g/mol. The average Bonchev–Trinajstić information content (AvgIpc) is 1.55. The lowest BCUT2D eigenvalue weighted by molar-refractivity contribution is 0.641. The van der Waals surface area contributed by atoms with E-state index in [9.17, 15) is 0 Å². The average molecular weight is 1280 g/mol. The Morgan fingerprint density at radius 2 is 0.620 bits per heavy atom. The Bertz CT molecular complexity index is 5440. The number of benzene rings is 15. The molecule has 100 heavy (non-hydrogen) atoms. The van der Waals surface area contributed by atoms with Crippen molar-refractivity contribution in [1.82, 2.24) is 0 Å². The van der Waals surface area contributed by atoms with Gasteiger partial charge in [-0.3, -0.25) is 0 Å². The summed E-state index contributed by atoms with van der Waals surface area (Å²) in [4.78, 5) is 4.82. The fourth-order valence-corrected chi connectivity index (χ4v) is 15.6. The lowest BCUT2D eigenvalue weighted by Crippen LogP contribution is -2.14. The van der Waals surface area contributed by atoms with Crippen molar-refractivity contribution in [3.63, 3.8) is 0 Å². The zero-order valence-electron chi connectivity index (χ0n) is 56.4. The molecular weight excluding hydrogens is 1210 g/mol. The predicted octanol–water partition coefficient (Wildman–Crippen LogP) is 27.1. The zero-order chi connectivity index (χ0) is 67.1. The molecule has 2 aliphatic carbocycles. The minimum absolute atomic E-state index is 0.114. The van der Waals surface area contributed by atoms with E-state index in [0.29, 0.717) is 0 Å². The first-order valence-electron chi connectivity index (χ1n) is 35.0. The quantitative estimate of drug-likeness (QED) is 0.101. The lowest BCUT2D eigenvalue weighted by atomic mass is 9.78. The highest BCUT2D eigenvalue weighted by Gasteiger charge is 2.36. The standard InChI is InChI=1S/C98H74N2/c1-67-39-40-77(74-47-56-82(57-48-74)99(79-50-41-71(42-51-79)68-23-9-4-10-24-68)83-58-61-85(94(65-83)75-29-15-7-16-30-75)78-49-60-92-91-33-19-20-38-96(91)98(2,3)97(92)64-78)63-93(67)89-37-22-34-86-87(89)35-21-36-88(86)90-62-59-84(66-95(90)76-31-17-8-18-32-76)100(80-52-43-72(44-53-80)69-25-11-5-12-26-69)81-54-45-73(46-55-81)70-27-13-6-14-28-70/h4-67,93H,1-3H3. The molecule has 0 aromatic heterocycles. The van der Waals surface area contributed by atoms with Gasteiger partial charge in [0.1, 0.15) is 0 Å². The van der Waals surface area contributed by atoms with E-state index in [1.165, 1.54) is 122 Å². The molecule has 2 nitrogen and oxygen atoms in total. The molecule has 2 heteroatoms. The molecule has 0 aliphatic heterocycles. The van der Waals surface area contributed by atoms with Gasteiger partial charge >= 0.3 is 0 Å².